The van der Waals surface area contributed by atoms with Crippen molar-refractivity contribution in [1.29, 1.82) is 0 Å². The van der Waals surface area contributed by atoms with Crippen LogP contribution < -0.4 is 0 Å². The summed E-state index contributed by atoms with van der Waals surface area (Å²) in [5.41, 5.74) is 0. The number of aliphatic carboxylic acids is 1. The minimum Gasteiger partial charge on any atom is -0.480 e. The molecule has 0 aromatic carbocycles. The third-order valence-electron chi connectivity index (χ3n) is 2.13. The van der Waals surface area contributed by atoms with Crippen LogP contribution >= 0.6 is 0 Å². The Morgan fingerprint density at radius 1 is 1.54 bits per heavy atom. The number of carboxylic acid groups (broad SMARTS) is 1. The SMILES string of the molecule is COCCCCN(C)C(C)C(=O)O. The van der Waals surface area contributed by atoms with Crippen molar-refractivity contribution < 1.29 is 14.6 Å². The fraction of sp³-hybridized carbons (Fsp3) is 0.889. The molecular weight excluding hydrogens is 170 g/mol. The number of methoxy groups -OCH3 is 1. The topological polar surface area (TPSA) is 49.8 Å². The molecule has 4 nitrogen and oxygen atoms in total. The second-order valence-corrected chi connectivity index (χ2v) is 3.19. The first-order valence-corrected chi connectivity index (χ1v) is 4.51. The lowest BCUT2D eigenvalue weighted by molar-refractivity contribution is -0.142. The van der Waals surface area contributed by atoms with Gasteiger partial charge >= 0.3 is 5.97 Å². The highest BCUT2D eigenvalue weighted by Crippen LogP contribution is 1.99. The van der Waals surface area contributed by atoms with Gasteiger partial charge in [0.1, 0.15) is 6.04 Å². The molecule has 0 saturated heterocycles. The van der Waals surface area contributed by atoms with Gasteiger partial charge in [-0.3, -0.25) is 9.69 Å². The first kappa shape index (κ1) is 12.4. The van der Waals surface area contributed by atoms with Crippen LogP contribution in [0.1, 0.15) is 19.8 Å². The van der Waals surface area contributed by atoms with Crippen LogP contribution in [0, 0.1) is 0 Å². The molecule has 0 saturated carbocycles. The third kappa shape index (κ3) is 5.60. The molecule has 4 heteroatoms. The average Bonchev–Trinajstić information content (AvgIpc) is 2.10. The number of hydrogen-bond donors (Lipinski definition) is 1. The van der Waals surface area contributed by atoms with Crippen molar-refractivity contribution >= 4 is 5.97 Å². The van der Waals surface area contributed by atoms with Gasteiger partial charge in [-0.1, -0.05) is 0 Å². The van der Waals surface area contributed by atoms with Crippen LogP contribution in [0.3, 0.4) is 0 Å². The zero-order chi connectivity index (χ0) is 10.3. The Kier molecular flexibility index (Phi) is 6.54. The van der Waals surface area contributed by atoms with E-state index in [4.69, 9.17) is 9.84 Å². The lowest BCUT2D eigenvalue weighted by Gasteiger charge is -2.20. The Balaban J connectivity index is 3.50. The first-order valence-electron chi connectivity index (χ1n) is 4.51. The highest BCUT2D eigenvalue weighted by molar-refractivity contribution is 5.72. The van der Waals surface area contributed by atoms with Gasteiger partial charge in [0.2, 0.25) is 0 Å². The molecule has 0 radical (unpaired) electrons. The monoisotopic (exact) mass is 189 g/mol. The molecule has 1 N–H and O–H groups in total. The molecule has 0 rings (SSSR count). The fourth-order valence-corrected chi connectivity index (χ4v) is 0.990. The number of carbonyl (C=O) groups is 1. The van der Waals surface area contributed by atoms with Crippen LogP contribution in [-0.4, -0.2) is 49.3 Å². The molecule has 13 heavy (non-hydrogen) atoms. The number of rotatable bonds is 7. The quantitative estimate of drug-likeness (QED) is 0.602. The molecule has 0 aromatic heterocycles. The van der Waals surface area contributed by atoms with Crippen LogP contribution in [0.2, 0.25) is 0 Å². The van der Waals surface area contributed by atoms with Gasteiger partial charge in [0.05, 0.1) is 0 Å². The van der Waals surface area contributed by atoms with Crippen molar-refractivity contribution in [3.8, 4) is 0 Å². The van der Waals surface area contributed by atoms with Crippen LogP contribution in [-0.2, 0) is 9.53 Å². The molecular formula is C9H19NO3. The average molecular weight is 189 g/mol. The summed E-state index contributed by atoms with van der Waals surface area (Å²) < 4.78 is 4.90. The van der Waals surface area contributed by atoms with E-state index in [1.165, 1.54) is 0 Å². The maximum absolute atomic E-state index is 10.6. The maximum Gasteiger partial charge on any atom is 0.320 e. The van der Waals surface area contributed by atoms with Gasteiger partial charge in [-0.15, -0.1) is 0 Å². The molecule has 0 aromatic rings. The summed E-state index contributed by atoms with van der Waals surface area (Å²) in [5.74, 6) is -0.769. The Morgan fingerprint density at radius 3 is 2.62 bits per heavy atom. The Hall–Kier alpha value is -0.610. The fourth-order valence-electron chi connectivity index (χ4n) is 0.990. The van der Waals surface area contributed by atoms with Crippen molar-refractivity contribution in [2.45, 2.75) is 25.8 Å². The predicted octanol–water partition coefficient (Wildman–Crippen LogP) is 0.818. The standard InChI is InChI=1S/C9H19NO3/c1-8(9(11)12)10(2)6-4-5-7-13-3/h8H,4-7H2,1-3H3,(H,11,12). The lowest BCUT2D eigenvalue weighted by Crippen LogP contribution is -2.36. The molecule has 0 fully saturated rings. The molecule has 0 heterocycles. The molecule has 78 valence electrons. The summed E-state index contributed by atoms with van der Waals surface area (Å²) in [5, 5.41) is 8.69. The Morgan fingerprint density at radius 2 is 2.15 bits per heavy atom. The second kappa shape index (κ2) is 6.86. The molecule has 0 aliphatic rings. The predicted molar refractivity (Wildman–Crippen MR) is 50.8 cm³/mol. The molecule has 0 bridgehead atoms. The normalized spacial score (nSPS) is 13.2. The molecule has 1 unspecified atom stereocenters. The number of hydrogen-bond acceptors (Lipinski definition) is 3. The molecule has 1 atom stereocenters. The lowest BCUT2D eigenvalue weighted by atomic mass is 10.2. The van der Waals surface area contributed by atoms with Gasteiger partial charge in [-0.05, 0) is 33.4 Å². The van der Waals surface area contributed by atoms with E-state index in [1.807, 2.05) is 11.9 Å². The third-order valence-corrected chi connectivity index (χ3v) is 2.13. The minimum atomic E-state index is -0.769. The number of carboxylic acids is 1. The number of likely N-dealkylation sites (N-methyl/N-ethyl adjacent to an activating group) is 1. The van der Waals surface area contributed by atoms with Crippen molar-refractivity contribution in [2.75, 3.05) is 27.3 Å². The van der Waals surface area contributed by atoms with E-state index < -0.39 is 12.0 Å². The van der Waals surface area contributed by atoms with Crippen LogP contribution in [0.4, 0.5) is 0 Å². The minimum absolute atomic E-state index is 0.400. The zero-order valence-electron chi connectivity index (χ0n) is 8.62. The van der Waals surface area contributed by atoms with Crippen molar-refractivity contribution in [1.82, 2.24) is 4.90 Å². The molecule has 0 spiro atoms. The van der Waals surface area contributed by atoms with Gasteiger partial charge in [-0.25, -0.2) is 0 Å². The van der Waals surface area contributed by atoms with E-state index in [0.29, 0.717) is 0 Å². The summed E-state index contributed by atoms with van der Waals surface area (Å²) in [4.78, 5) is 12.4. The molecule has 0 aliphatic carbocycles. The highest BCUT2D eigenvalue weighted by atomic mass is 16.5. The van der Waals surface area contributed by atoms with Crippen molar-refractivity contribution in [2.24, 2.45) is 0 Å². The van der Waals surface area contributed by atoms with E-state index >= 15 is 0 Å². The number of unbranched alkanes of at least 4 members (excludes halogenated alkanes) is 1. The van der Waals surface area contributed by atoms with E-state index in [0.717, 1.165) is 26.0 Å². The van der Waals surface area contributed by atoms with E-state index in [9.17, 15) is 4.79 Å². The largest absolute Gasteiger partial charge is 0.480 e. The van der Waals surface area contributed by atoms with E-state index in [-0.39, 0.29) is 0 Å². The summed E-state index contributed by atoms with van der Waals surface area (Å²) in [6, 6.07) is -0.400. The van der Waals surface area contributed by atoms with Crippen molar-refractivity contribution in [3.05, 3.63) is 0 Å². The van der Waals surface area contributed by atoms with Crippen LogP contribution in [0.15, 0.2) is 0 Å². The van der Waals surface area contributed by atoms with Gasteiger partial charge < -0.3 is 9.84 Å². The smallest absolute Gasteiger partial charge is 0.320 e. The maximum atomic E-state index is 10.6. The van der Waals surface area contributed by atoms with Gasteiger partial charge in [0.25, 0.3) is 0 Å². The second-order valence-electron chi connectivity index (χ2n) is 3.19. The highest BCUT2D eigenvalue weighted by Gasteiger charge is 2.15. The first-order chi connectivity index (χ1) is 6.09. The van der Waals surface area contributed by atoms with Crippen LogP contribution in [0.25, 0.3) is 0 Å². The molecule has 0 aliphatic heterocycles. The van der Waals surface area contributed by atoms with Gasteiger partial charge in [0, 0.05) is 13.7 Å². The summed E-state index contributed by atoms with van der Waals surface area (Å²) >= 11 is 0. The number of ether oxygens (including phenoxy) is 1. The van der Waals surface area contributed by atoms with Gasteiger partial charge in [-0.2, -0.15) is 0 Å². The Bertz CT molecular complexity index is 150. The Labute approximate surface area is 79.5 Å². The van der Waals surface area contributed by atoms with E-state index in [2.05, 4.69) is 0 Å². The molecule has 0 amide bonds. The summed E-state index contributed by atoms with van der Waals surface area (Å²) in [6.07, 6.45) is 1.95. The van der Waals surface area contributed by atoms with Crippen molar-refractivity contribution in [3.63, 3.8) is 0 Å². The van der Waals surface area contributed by atoms with Crippen LogP contribution in [0.5, 0.6) is 0 Å². The number of nitrogens with zero attached hydrogens (tertiary/aromatic N) is 1. The summed E-state index contributed by atoms with van der Waals surface area (Å²) in [6.45, 7) is 3.24. The zero-order valence-corrected chi connectivity index (χ0v) is 8.62. The van der Waals surface area contributed by atoms with Gasteiger partial charge in [0.15, 0.2) is 0 Å². The van der Waals surface area contributed by atoms with E-state index in [1.54, 1.807) is 14.0 Å². The summed E-state index contributed by atoms with van der Waals surface area (Å²) in [7, 11) is 3.50.